The normalized spacial score (nSPS) is 24.9. The number of amides is 2. The number of hydrogen-bond donors (Lipinski definition) is 5. The van der Waals surface area contributed by atoms with Gasteiger partial charge in [0, 0.05) is 23.1 Å². The van der Waals surface area contributed by atoms with Crippen LogP contribution in [-0.4, -0.2) is 70.5 Å². The number of ether oxygens (including phenoxy) is 1. The Labute approximate surface area is 160 Å². The number of aliphatic hydroxyl groups is 1. The molecule has 0 aromatic carbocycles. The third-order valence-electron chi connectivity index (χ3n) is 4.66. The van der Waals surface area contributed by atoms with Gasteiger partial charge in [-0.05, 0) is 19.8 Å². The van der Waals surface area contributed by atoms with Crippen LogP contribution in [0.1, 0.15) is 19.8 Å². The molecule has 150 valence electrons. The topological polar surface area (TPSA) is 166 Å². The molecule has 0 saturated carbocycles. The van der Waals surface area contributed by atoms with Crippen LogP contribution >= 0.6 is 11.8 Å². The Morgan fingerprint density at radius 1 is 1.52 bits per heavy atom. The highest BCUT2D eigenvalue weighted by Gasteiger charge is 2.60. The van der Waals surface area contributed by atoms with Gasteiger partial charge in [0.1, 0.15) is 12.3 Å². The molecule has 11 heteroatoms. The van der Waals surface area contributed by atoms with Crippen LogP contribution in [0.5, 0.6) is 0 Å². The fourth-order valence-corrected chi connectivity index (χ4v) is 4.82. The quantitative estimate of drug-likeness (QED) is 0.139. The van der Waals surface area contributed by atoms with Gasteiger partial charge in [0.05, 0.1) is 24.4 Å². The maximum absolute atomic E-state index is 12.4. The summed E-state index contributed by atoms with van der Waals surface area (Å²) in [6, 6.07) is -0.400. The number of thioether (sulfide) groups is 1. The number of nitrogens with two attached hydrogens (primary N) is 1. The number of aliphatic carboxylic acids is 1. The van der Waals surface area contributed by atoms with Crippen molar-refractivity contribution in [3.8, 4) is 0 Å². The number of carboxylic acid groups (broad SMARTS) is 1. The molecular weight excluding hydrogens is 376 g/mol. The van der Waals surface area contributed by atoms with Crippen LogP contribution in [0.2, 0.25) is 0 Å². The molecule has 0 bridgehead atoms. The smallest absolute Gasteiger partial charge is 0.404 e. The molecule has 1 fully saturated rings. The van der Waals surface area contributed by atoms with Crippen LogP contribution < -0.4 is 11.1 Å². The average molecular weight is 400 g/mol. The van der Waals surface area contributed by atoms with Gasteiger partial charge >= 0.3 is 12.1 Å². The maximum atomic E-state index is 12.4. The highest BCUT2D eigenvalue weighted by molar-refractivity contribution is 8.03. The molecule has 4 atom stereocenters. The van der Waals surface area contributed by atoms with E-state index in [0.29, 0.717) is 30.0 Å². The number of aliphatic hydroxyl groups excluding tert-OH is 1. The first-order valence-corrected chi connectivity index (χ1v) is 9.55. The van der Waals surface area contributed by atoms with Gasteiger partial charge in [-0.3, -0.25) is 10.2 Å². The van der Waals surface area contributed by atoms with E-state index in [1.165, 1.54) is 23.6 Å². The van der Waals surface area contributed by atoms with E-state index in [-0.39, 0.29) is 24.1 Å². The van der Waals surface area contributed by atoms with Crippen LogP contribution in [0.15, 0.2) is 10.6 Å². The lowest BCUT2D eigenvalue weighted by Crippen LogP contribution is -2.63. The van der Waals surface area contributed by atoms with Crippen molar-refractivity contribution in [1.82, 2.24) is 10.2 Å². The highest BCUT2D eigenvalue weighted by atomic mass is 32.2. The van der Waals surface area contributed by atoms with E-state index in [0.717, 1.165) is 6.34 Å². The van der Waals surface area contributed by atoms with Crippen molar-refractivity contribution in [3.05, 3.63) is 10.6 Å². The van der Waals surface area contributed by atoms with Crippen LogP contribution in [0, 0.1) is 17.2 Å². The highest BCUT2D eigenvalue weighted by Crippen LogP contribution is 2.52. The summed E-state index contributed by atoms with van der Waals surface area (Å²) in [6.07, 6.45) is 0.561. The van der Waals surface area contributed by atoms with E-state index in [1.807, 2.05) is 0 Å². The largest absolute Gasteiger partial charge is 0.477 e. The van der Waals surface area contributed by atoms with Crippen molar-refractivity contribution in [2.24, 2.45) is 17.6 Å². The number of nitrogens with one attached hydrogen (secondary N) is 2. The molecule has 2 rings (SSSR count). The number of fused-ring (bicyclic) bond motifs is 1. The summed E-state index contributed by atoms with van der Waals surface area (Å²) in [7, 11) is 0. The average Bonchev–Trinajstić information content (AvgIpc) is 2.85. The predicted octanol–water partition coefficient (Wildman–Crippen LogP) is -0.0744. The first-order valence-electron chi connectivity index (χ1n) is 8.57. The zero-order chi connectivity index (χ0) is 20.1. The van der Waals surface area contributed by atoms with Gasteiger partial charge in [-0.1, -0.05) is 0 Å². The molecule has 0 spiro atoms. The standard InChI is InChI=1S/C16H24N4O6S/c1-8(21)10-11-9(3-2-4-19-7-17)13(27-6-5-26-16(18)25)12(15(23)24)20(11)14(10)22/h7-11,21H,2-6H2,1H3,(H2,17,19)(H2,18,25)(H,23,24)/t8-,9-,10-,11-/m1/s1. The van der Waals surface area contributed by atoms with Gasteiger partial charge in [-0.25, -0.2) is 9.59 Å². The summed E-state index contributed by atoms with van der Waals surface area (Å²) in [5, 5.41) is 29.4. The lowest BCUT2D eigenvalue weighted by molar-refractivity contribution is -0.163. The molecule has 0 aromatic heterocycles. The molecule has 0 aliphatic carbocycles. The second-order valence-corrected chi connectivity index (χ2v) is 7.48. The first kappa shape index (κ1) is 21.0. The van der Waals surface area contributed by atoms with Crippen LogP contribution in [-0.2, 0) is 14.3 Å². The Bertz CT molecular complexity index is 653. The maximum Gasteiger partial charge on any atom is 0.404 e. The van der Waals surface area contributed by atoms with Crippen molar-refractivity contribution in [2.45, 2.75) is 31.9 Å². The summed E-state index contributed by atoms with van der Waals surface area (Å²) < 4.78 is 4.69. The van der Waals surface area contributed by atoms with Crippen molar-refractivity contribution < 1.29 is 29.3 Å². The fourth-order valence-electron chi connectivity index (χ4n) is 3.64. The minimum Gasteiger partial charge on any atom is -0.477 e. The van der Waals surface area contributed by atoms with E-state index >= 15 is 0 Å². The Morgan fingerprint density at radius 3 is 2.78 bits per heavy atom. The summed E-state index contributed by atoms with van der Waals surface area (Å²) in [5.74, 6) is -2.16. The second-order valence-electron chi connectivity index (χ2n) is 6.35. The van der Waals surface area contributed by atoms with Crippen LogP contribution in [0.3, 0.4) is 0 Å². The van der Waals surface area contributed by atoms with Gasteiger partial charge in [-0.2, -0.15) is 0 Å². The molecule has 2 heterocycles. The molecule has 0 unspecified atom stereocenters. The third kappa shape index (κ3) is 4.35. The summed E-state index contributed by atoms with van der Waals surface area (Å²) in [5.41, 5.74) is 4.87. The van der Waals surface area contributed by atoms with Crippen LogP contribution in [0.25, 0.3) is 0 Å². The number of β-lactam (4-membered cyclic amide) rings is 1. The van der Waals surface area contributed by atoms with Crippen molar-refractivity contribution in [1.29, 1.82) is 5.41 Å². The fraction of sp³-hybridized carbons (Fsp3) is 0.625. The summed E-state index contributed by atoms with van der Waals surface area (Å²) in [6.45, 7) is 2.10. The van der Waals surface area contributed by atoms with Crippen molar-refractivity contribution in [2.75, 3.05) is 18.9 Å². The van der Waals surface area contributed by atoms with Gasteiger partial charge in [0.25, 0.3) is 0 Å². The van der Waals surface area contributed by atoms with Gasteiger partial charge in [0.2, 0.25) is 5.91 Å². The molecule has 0 aromatic rings. The molecule has 10 nitrogen and oxygen atoms in total. The van der Waals surface area contributed by atoms with Gasteiger partial charge in [-0.15, -0.1) is 11.8 Å². The van der Waals surface area contributed by atoms with Gasteiger partial charge < -0.3 is 30.9 Å². The molecule has 1 saturated heterocycles. The van der Waals surface area contributed by atoms with Gasteiger partial charge in [0.15, 0.2) is 0 Å². The van der Waals surface area contributed by atoms with E-state index in [4.69, 9.17) is 11.1 Å². The lowest BCUT2D eigenvalue weighted by Gasteiger charge is -2.47. The number of carbonyl (C=O) groups excluding carboxylic acids is 2. The zero-order valence-corrected chi connectivity index (χ0v) is 15.7. The Balaban J connectivity index is 2.21. The SMILES string of the molecule is C[C@@H](O)[C@H]1C(=O)N2C(C(=O)O)=C(SCCOC(N)=O)[C@H](CCCNC=N)[C@H]12. The molecule has 2 aliphatic heterocycles. The first-order chi connectivity index (χ1) is 12.8. The van der Waals surface area contributed by atoms with E-state index < -0.39 is 30.1 Å². The number of carboxylic acids is 1. The van der Waals surface area contributed by atoms with E-state index in [9.17, 15) is 24.6 Å². The lowest BCUT2D eigenvalue weighted by atomic mass is 9.77. The molecule has 6 N–H and O–H groups in total. The minimum atomic E-state index is -1.20. The van der Waals surface area contributed by atoms with E-state index in [1.54, 1.807) is 0 Å². The number of rotatable bonds is 11. The monoisotopic (exact) mass is 400 g/mol. The predicted molar refractivity (Wildman–Crippen MR) is 98.0 cm³/mol. The summed E-state index contributed by atoms with van der Waals surface area (Å²) in [4.78, 5) is 36.7. The molecule has 2 amide bonds. The summed E-state index contributed by atoms with van der Waals surface area (Å²) >= 11 is 1.22. The Morgan fingerprint density at radius 2 is 2.22 bits per heavy atom. The number of hydrogen-bond acceptors (Lipinski definition) is 7. The molecule has 27 heavy (non-hydrogen) atoms. The van der Waals surface area contributed by atoms with Crippen molar-refractivity contribution in [3.63, 3.8) is 0 Å². The number of carbonyl (C=O) groups is 3. The molecule has 2 aliphatic rings. The number of primary amides is 1. The number of nitrogens with zero attached hydrogens (tertiary/aromatic N) is 1. The second kappa shape index (κ2) is 9.09. The third-order valence-corrected chi connectivity index (χ3v) is 5.84. The minimum absolute atomic E-state index is 0.0247. The van der Waals surface area contributed by atoms with E-state index in [2.05, 4.69) is 10.1 Å². The Hall–Kier alpha value is -2.27. The zero-order valence-electron chi connectivity index (χ0n) is 14.9. The van der Waals surface area contributed by atoms with Crippen LogP contribution in [0.4, 0.5) is 4.79 Å². The molecule has 0 radical (unpaired) electrons. The van der Waals surface area contributed by atoms with Crippen molar-refractivity contribution >= 4 is 36.1 Å². The molecular formula is C16H24N4O6S. The Kier molecular flexibility index (Phi) is 7.08.